The Morgan fingerprint density at radius 1 is 1.00 bits per heavy atom. The Labute approximate surface area is 135 Å². The van der Waals surface area contributed by atoms with Crippen molar-refractivity contribution in [2.45, 2.75) is 0 Å². The van der Waals surface area contributed by atoms with Crippen LogP contribution in [0.2, 0.25) is 0 Å². The molecule has 0 amide bonds. The lowest BCUT2D eigenvalue weighted by Gasteiger charge is -2.06. The van der Waals surface area contributed by atoms with Crippen LogP contribution < -0.4 is 11.4 Å². The maximum absolute atomic E-state index is 12.6. The van der Waals surface area contributed by atoms with Gasteiger partial charge in [0.2, 0.25) is 0 Å². The van der Waals surface area contributed by atoms with Gasteiger partial charge in [-0.05, 0) is 62.2 Å². The molecule has 0 aliphatic rings. The van der Waals surface area contributed by atoms with Crippen LogP contribution in [-0.2, 0) is 0 Å². The molecule has 0 saturated carbocycles. The molecule has 0 spiro atoms. The number of benzene rings is 2. The number of imidazole rings is 1. The summed E-state index contributed by atoms with van der Waals surface area (Å²) in [4.78, 5) is 29.2. The van der Waals surface area contributed by atoms with Crippen molar-refractivity contribution in [3.05, 3.63) is 60.9 Å². The van der Waals surface area contributed by atoms with E-state index in [0.29, 0.717) is 32.3 Å². The Balaban J connectivity index is 2.14. The normalized spacial score (nSPS) is 11.0. The average molecular weight is 411 g/mol. The largest absolute Gasteiger partial charge is 0.398 e. The Bertz CT molecular complexity index is 928. The van der Waals surface area contributed by atoms with E-state index in [-0.39, 0.29) is 11.5 Å². The molecule has 21 heavy (non-hydrogen) atoms. The average Bonchev–Trinajstić information content (AvgIpc) is 2.79. The quantitative estimate of drug-likeness (QED) is 0.447. The fourth-order valence-corrected chi connectivity index (χ4v) is 2.84. The molecular weight excluding hydrogens is 402 g/mol. The van der Waals surface area contributed by atoms with Gasteiger partial charge in [0.25, 0.3) is 0 Å². The van der Waals surface area contributed by atoms with Gasteiger partial charge in [-0.25, -0.2) is 4.79 Å². The zero-order chi connectivity index (χ0) is 15.1. The highest BCUT2D eigenvalue weighted by Crippen LogP contribution is 2.26. The topological polar surface area (TPSA) is 91.7 Å². The highest BCUT2D eigenvalue weighted by Gasteiger charge is 2.15. The number of aromatic amines is 2. The molecule has 0 fully saturated rings. The predicted molar refractivity (Wildman–Crippen MR) is 88.6 cm³/mol. The SMILES string of the molecule is Nc1cc(C(=O)c2cc3[nH]c(=O)[nH]c3cc2Br)ccc1Br. The maximum atomic E-state index is 12.6. The summed E-state index contributed by atoms with van der Waals surface area (Å²) in [6.45, 7) is 0. The maximum Gasteiger partial charge on any atom is 0.323 e. The summed E-state index contributed by atoms with van der Waals surface area (Å²) >= 11 is 6.66. The number of hydrogen-bond acceptors (Lipinski definition) is 3. The summed E-state index contributed by atoms with van der Waals surface area (Å²) in [6, 6.07) is 8.37. The zero-order valence-corrected chi connectivity index (χ0v) is 13.7. The highest BCUT2D eigenvalue weighted by molar-refractivity contribution is 9.11. The molecule has 0 bridgehead atoms. The number of hydrogen-bond donors (Lipinski definition) is 3. The minimum absolute atomic E-state index is 0.176. The van der Waals surface area contributed by atoms with E-state index < -0.39 is 0 Å². The number of carbonyl (C=O) groups excluding carboxylic acids is 1. The molecular formula is C14H9Br2N3O2. The van der Waals surface area contributed by atoms with Gasteiger partial charge in [-0.1, -0.05) is 0 Å². The minimum atomic E-state index is -0.311. The van der Waals surface area contributed by atoms with Crippen molar-refractivity contribution in [2.75, 3.05) is 5.73 Å². The van der Waals surface area contributed by atoms with Gasteiger partial charge in [0.1, 0.15) is 0 Å². The van der Waals surface area contributed by atoms with Gasteiger partial charge in [0.15, 0.2) is 5.78 Å². The van der Waals surface area contributed by atoms with Crippen molar-refractivity contribution < 1.29 is 4.79 Å². The van der Waals surface area contributed by atoms with Crippen LogP contribution in [0.4, 0.5) is 5.69 Å². The van der Waals surface area contributed by atoms with Crippen LogP contribution >= 0.6 is 31.9 Å². The Morgan fingerprint density at radius 2 is 1.67 bits per heavy atom. The van der Waals surface area contributed by atoms with Gasteiger partial charge >= 0.3 is 5.69 Å². The third-order valence-corrected chi connectivity index (χ3v) is 4.48. The zero-order valence-electron chi connectivity index (χ0n) is 10.5. The number of fused-ring (bicyclic) bond motifs is 1. The van der Waals surface area contributed by atoms with Crippen molar-refractivity contribution >= 4 is 54.4 Å². The first-order valence-corrected chi connectivity index (χ1v) is 7.55. The Morgan fingerprint density at radius 3 is 2.33 bits per heavy atom. The number of halogens is 2. The van der Waals surface area contributed by atoms with Crippen LogP contribution in [-0.4, -0.2) is 15.8 Å². The second-order valence-electron chi connectivity index (χ2n) is 4.52. The molecule has 7 heteroatoms. The number of H-pyrrole nitrogens is 2. The first kappa shape index (κ1) is 14.1. The molecule has 5 nitrogen and oxygen atoms in total. The standard InChI is InChI=1S/C14H9Br2N3O2/c15-8-2-1-6(3-10(8)17)13(20)7-4-11-12(5-9(7)16)19-14(21)18-11/h1-5H,17H2,(H2,18,19,21). The fraction of sp³-hybridized carbons (Fsp3) is 0. The second kappa shape index (κ2) is 5.16. The molecule has 0 saturated heterocycles. The van der Waals surface area contributed by atoms with Crippen LogP contribution in [0.3, 0.4) is 0 Å². The van der Waals surface area contributed by atoms with E-state index in [4.69, 9.17) is 5.73 Å². The first-order valence-electron chi connectivity index (χ1n) is 5.97. The number of anilines is 1. The van der Waals surface area contributed by atoms with Gasteiger partial charge in [0.05, 0.1) is 11.0 Å². The number of nitrogen functional groups attached to an aromatic ring is 1. The molecule has 2 aromatic carbocycles. The lowest BCUT2D eigenvalue weighted by atomic mass is 10.0. The molecule has 106 valence electrons. The van der Waals surface area contributed by atoms with E-state index in [2.05, 4.69) is 41.8 Å². The number of aromatic nitrogens is 2. The van der Waals surface area contributed by atoms with E-state index in [1.807, 2.05) is 0 Å². The third kappa shape index (κ3) is 2.54. The van der Waals surface area contributed by atoms with Gasteiger partial charge in [0, 0.05) is 25.8 Å². The van der Waals surface area contributed by atoms with Crippen molar-refractivity contribution in [2.24, 2.45) is 0 Å². The minimum Gasteiger partial charge on any atom is -0.398 e. The van der Waals surface area contributed by atoms with Crippen LogP contribution in [0.15, 0.2) is 44.1 Å². The summed E-state index contributed by atoms with van der Waals surface area (Å²) in [6.07, 6.45) is 0. The van der Waals surface area contributed by atoms with E-state index in [0.717, 1.165) is 4.47 Å². The van der Waals surface area contributed by atoms with Gasteiger partial charge < -0.3 is 15.7 Å². The second-order valence-corrected chi connectivity index (χ2v) is 6.23. The molecule has 0 unspecified atom stereocenters. The molecule has 4 N–H and O–H groups in total. The number of rotatable bonds is 2. The Kier molecular flexibility index (Phi) is 3.46. The lowest BCUT2D eigenvalue weighted by molar-refractivity contribution is 0.103. The fourth-order valence-electron chi connectivity index (χ4n) is 2.07. The van der Waals surface area contributed by atoms with Crippen LogP contribution in [0.5, 0.6) is 0 Å². The number of nitrogens with one attached hydrogen (secondary N) is 2. The predicted octanol–water partition coefficient (Wildman–Crippen LogP) is 3.19. The van der Waals surface area contributed by atoms with Crippen molar-refractivity contribution in [3.8, 4) is 0 Å². The monoisotopic (exact) mass is 409 g/mol. The van der Waals surface area contributed by atoms with Crippen molar-refractivity contribution in [3.63, 3.8) is 0 Å². The smallest absolute Gasteiger partial charge is 0.323 e. The van der Waals surface area contributed by atoms with Crippen LogP contribution in [0.25, 0.3) is 11.0 Å². The van der Waals surface area contributed by atoms with Crippen molar-refractivity contribution in [1.82, 2.24) is 9.97 Å². The third-order valence-electron chi connectivity index (χ3n) is 3.11. The van der Waals surface area contributed by atoms with Gasteiger partial charge in [-0.3, -0.25) is 4.79 Å². The van der Waals surface area contributed by atoms with Gasteiger partial charge in [-0.2, -0.15) is 0 Å². The van der Waals surface area contributed by atoms with E-state index in [1.165, 1.54) is 0 Å². The molecule has 1 heterocycles. The summed E-state index contributed by atoms with van der Waals surface area (Å²) in [5, 5.41) is 0. The molecule has 0 aliphatic heterocycles. The van der Waals surface area contributed by atoms with E-state index in [1.54, 1.807) is 30.3 Å². The van der Waals surface area contributed by atoms with Crippen LogP contribution in [0, 0.1) is 0 Å². The number of nitrogens with two attached hydrogens (primary N) is 1. The summed E-state index contributed by atoms with van der Waals surface area (Å²) in [7, 11) is 0. The van der Waals surface area contributed by atoms with Crippen molar-refractivity contribution in [1.29, 1.82) is 0 Å². The number of ketones is 1. The van der Waals surface area contributed by atoms with E-state index >= 15 is 0 Å². The van der Waals surface area contributed by atoms with Crippen LogP contribution in [0.1, 0.15) is 15.9 Å². The van der Waals surface area contributed by atoms with E-state index in [9.17, 15) is 9.59 Å². The molecule has 0 aliphatic carbocycles. The summed E-state index contributed by atoms with van der Waals surface area (Å²) in [5.74, 6) is -0.176. The number of carbonyl (C=O) groups is 1. The van der Waals surface area contributed by atoms with Gasteiger partial charge in [-0.15, -0.1) is 0 Å². The highest BCUT2D eigenvalue weighted by atomic mass is 79.9. The molecule has 0 atom stereocenters. The molecule has 3 aromatic rings. The Hall–Kier alpha value is -1.86. The summed E-state index contributed by atoms with van der Waals surface area (Å²) < 4.78 is 1.35. The molecule has 3 rings (SSSR count). The summed E-state index contributed by atoms with van der Waals surface area (Å²) in [5.41, 5.74) is 8.14. The first-order chi connectivity index (χ1) is 9.95. The molecule has 0 radical (unpaired) electrons. The lowest BCUT2D eigenvalue weighted by Crippen LogP contribution is -2.03. The molecule has 1 aromatic heterocycles.